The van der Waals surface area contributed by atoms with E-state index in [1.165, 1.54) is 6.20 Å². The van der Waals surface area contributed by atoms with E-state index in [4.69, 9.17) is 0 Å². The lowest BCUT2D eigenvalue weighted by Gasteiger charge is -2.29. The Morgan fingerprint density at radius 2 is 1.71 bits per heavy atom. The van der Waals surface area contributed by atoms with Gasteiger partial charge >= 0.3 is 0 Å². The van der Waals surface area contributed by atoms with Gasteiger partial charge in [0.05, 0.1) is 15.7 Å². The molecule has 1 fully saturated rings. The van der Waals surface area contributed by atoms with Crippen LogP contribution in [0.4, 0.5) is 41.1 Å². The smallest absolute Gasteiger partial charge is 0.290 e. The van der Waals surface area contributed by atoms with Crippen molar-refractivity contribution < 1.29 is 39.9 Å². The largest absolute Gasteiger partial charge is 0.354 e. The van der Waals surface area contributed by atoms with Crippen LogP contribution in [0.25, 0.3) is 0 Å². The van der Waals surface area contributed by atoms with Crippen LogP contribution in [0.3, 0.4) is 0 Å². The number of benzene rings is 1. The summed E-state index contributed by atoms with van der Waals surface area (Å²) in [7, 11) is 0. The topological polar surface area (TPSA) is 72.7 Å². The van der Waals surface area contributed by atoms with Gasteiger partial charge < -0.3 is 5.32 Å². The van der Waals surface area contributed by atoms with Crippen molar-refractivity contribution in [1.29, 1.82) is 0 Å². The number of carbonyl (C=O) groups excluding carboxylic acids is 1. The number of aromatic nitrogens is 4. The first-order chi connectivity index (χ1) is 19.7. The lowest BCUT2D eigenvalue weighted by atomic mass is 9.88. The first-order valence-electron chi connectivity index (χ1n) is 13.1. The number of alkyl halides is 6. The number of carbonyl (C=O) groups is 1. The van der Waals surface area contributed by atoms with Crippen LogP contribution < -0.4 is 5.32 Å². The second-order valence-electron chi connectivity index (χ2n) is 10.6. The lowest BCUT2D eigenvalue weighted by molar-refractivity contribution is -0.121. The summed E-state index contributed by atoms with van der Waals surface area (Å²) >= 11 is 3.32. The number of rotatable bonds is 11. The van der Waals surface area contributed by atoms with E-state index in [1.54, 1.807) is 0 Å². The highest BCUT2D eigenvalue weighted by Crippen LogP contribution is 2.52. The van der Waals surface area contributed by atoms with Gasteiger partial charge in [-0.1, -0.05) is 0 Å². The fourth-order valence-corrected chi connectivity index (χ4v) is 5.65. The summed E-state index contributed by atoms with van der Waals surface area (Å²) < 4.78 is 114. The van der Waals surface area contributed by atoms with Gasteiger partial charge in [-0.05, 0) is 58.8 Å². The molecule has 42 heavy (non-hydrogen) atoms. The van der Waals surface area contributed by atoms with Gasteiger partial charge in [0.1, 0.15) is 29.6 Å². The van der Waals surface area contributed by atoms with Crippen LogP contribution in [-0.2, 0) is 29.6 Å². The van der Waals surface area contributed by atoms with Gasteiger partial charge in [0.2, 0.25) is 5.95 Å². The van der Waals surface area contributed by atoms with Crippen molar-refractivity contribution in [3.8, 4) is 0 Å². The van der Waals surface area contributed by atoms with Gasteiger partial charge in [-0.3, -0.25) is 9.48 Å². The Hall–Kier alpha value is -3.10. The first-order valence-corrected chi connectivity index (χ1v) is 13.9. The standard InChI is InChI=1S/C27H24BrF8N5O/c28-19-11-38-25(37-10-13-1-2-13)39-21(19)15(5-14-6-16(29)9-17(30)7-14)8-18(42)12-41-23-20(22(40-41)24(31)32)26(33,34)3-4-27(23,35)36/h6-7,9,11,13,15,24H,1-5,8,10,12H2,(H,37,38,39)/t15-/m1/s1. The highest BCUT2D eigenvalue weighted by Gasteiger charge is 2.55. The molecule has 0 unspecified atom stereocenters. The Kier molecular flexibility index (Phi) is 8.33. The average molecular weight is 666 g/mol. The van der Waals surface area contributed by atoms with E-state index in [1.807, 2.05) is 0 Å². The van der Waals surface area contributed by atoms with Gasteiger partial charge in [-0.2, -0.15) is 13.9 Å². The number of hydrogen-bond donors (Lipinski definition) is 1. The van der Waals surface area contributed by atoms with Gasteiger partial charge in [0, 0.05) is 44.0 Å². The third-order valence-electron chi connectivity index (χ3n) is 7.26. The summed E-state index contributed by atoms with van der Waals surface area (Å²) in [5, 5.41) is 6.41. The second-order valence-corrected chi connectivity index (χ2v) is 11.5. The third-order valence-corrected chi connectivity index (χ3v) is 7.87. The minimum Gasteiger partial charge on any atom is -0.354 e. The van der Waals surface area contributed by atoms with E-state index in [0.717, 1.165) is 25.0 Å². The molecule has 0 saturated heterocycles. The van der Waals surface area contributed by atoms with Crippen LogP contribution in [-0.4, -0.2) is 32.1 Å². The maximum absolute atomic E-state index is 14.8. The Balaban J connectivity index is 1.47. The lowest BCUT2D eigenvalue weighted by Crippen LogP contribution is -2.33. The summed E-state index contributed by atoms with van der Waals surface area (Å²) in [5.74, 6) is -10.7. The summed E-state index contributed by atoms with van der Waals surface area (Å²) in [6, 6.07) is 2.79. The molecule has 2 aliphatic carbocycles. The molecule has 1 atom stereocenters. The maximum Gasteiger partial charge on any atom is 0.290 e. The van der Waals surface area contributed by atoms with E-state index in [2.05, 4.69) is 36.3 Å². The number of fused-ring (bicyclic) bond motifs is 1. The molecule has 0 amide bonds. The number of nitrogens with zero attached hydrogens (tertiary/aromatic N) is 4. The molecule has 1 N–H and O–H groups in total. The van der Waals surface area contributed by atoms with Crippen molar-refractivity contribution in [3.63, 3.8) is 0 Å². The van der Waals surface area contributed by atoms with E-state index >= 15 is 0 Å². The van der Waals surface area contributed by atoms with Gasteiger partial charge in [-0.15, -0.1) is 0 Å². The van der Waals surface area contributed by atoms with Crippen molar-refractivity contribution in [2.24, 2.45) is 5.92 Å². The monoisotopic (exact) mass is 665 g/mol. The predicted octanol–water partition coefficient (Wildman–Crippen LogP) is 7.44. The molecule has 1 aromatic carbocycles. The van der Waals surface area contributed by atoms with Crippen molar-refractivity contribution in [2.45, 2.75) is 69.3 Å². The first kappa shape index (κ1) is 30.4. The van der Waals surface area contributed by atoms with Crippen LogP contribution in [0.1, 0.15) is 72.7 Å². The molecule has 5 rings (SSSR count). The zero-order valence-corrected chi connectivity index (χ0v) is 23.4. The summed E-state index contributed by atoms with van der Waals surface area (Å²) in [6.07, 6.45) is -3.33. The van der Waals surface area contributed by atoms with Crippen molar-refractivity contribution in [1.82, 2.24) is 19.7 Å². The normalized spacial score (nSPS) is 18.1. The van der Waals surface area contributed by atoms with Gasteiger partial charge in [-0.25, -0.2) is 36.3 Å². The van der Waals surface area contributed by atoms with Crippen LogP contribution in [0, 0.1) is 17.6 Å². The molecule has 0 bridgehead atoms. The molecule has 1 saturated carbocycles. The highest BCUT2D eigenvalue weighted by atomic mass is 79.9. The molecular weight excluding hydrogens is 642 g/mol. The fourth-order valence-electron chi connectivity index (χ4n) is 5.13. The molecule has 6 nitrogen and oxygen atoms in total. The van der Waals surface area contributed by atoms with Gasteiger partial charge in [0.15, 0.2) is 5.78 Å². The number of hydrogen-bond acceptors (Lipinski definition) is 5. The fraction of sp³-hybridized carbons (Fsp3) is 0.481. The molecule has 0 spiro atoms. The minimum atomic E-state index is -3.98. The molecule has 2 heterocycles. The number of ketones is 1. The Labute approximate surface area is 243 Å². The Morgan fingerprint density at radius 1 is 1.05 bits per heavy atom. The predicted molar refractivity (Wildman–Crippen MR) is 138 cm³/mol. The quantitative estimate of drug-likeness (QED) is 0.216. The maximum atomic E-state index is 14.8. The summed E-state index contributed by atoms with van der Waals surface area (Å²) in [5.41, 5.74) is -4.06. The van der Waals surface area contributed by atoms with Crippen LogP contribution in [0.5, 0.6) is 0 Å². The van der Waals surface area contributed by atoms with Gasteiger partial charge in [0.25, 0.3) is 18.3 Å². The van der Waals surface area contributed by atoms with E-state index in [0.29, 0.717) is 23.0 Å². The highest BCUT2D eigenvalue weighted by molar-refractivity contribution is 9.10. The zero-order valence-electron chi connectivity index (χ0n) is 21.8. The van der Waals surface area contributed by atoms with E-state index < -0.39 is 84.4 Å². The molecular formula is C27H24BrF8N5O. The molecule has 15 heteroatoms. The van der Waals surface area contributed by atoms with Crippen molar-refractivity contribution in [3.05, 3.63) is 68.7 Å². The third kappa shape index (κ3) is 6.60. The van der Waals surface area contributed by atoms with Crippen molar-refractivity contribution in [2.75, 3.05) is 11.9 Å². The van der Waals surface area contributed by atoms with Crippen LogP contribution in [0.15, 0.2) is 28.9 Å². The Bertz CT molecular complexity index is 1470. The number of Topliss-reactive ketones (excluding diaryl/α,β-unsaturated/α-hetero) is 1. The zero-order chi connectivity index (χ0) is 30.4. The van der Waals surface area contributed by atoms with E-state index in [-0.39, 0.29) is 28.3 Å². The molecule has 2 aromatic heterocycles. The summed E-state index contributed by atoms with van der Waals surface area (Å²) in [4.78, 5) is 21.9. The molecule has 2 aliphatic rings. The number of nitrogens with one attached hydrogen (secondary N) is 1. The minimum absolute atomic E-state index is 0.133. The Morgan fingerprint density at radius 3 is 2.36 bits per heavy atom. The number of anilines is 1. The number of halogens is 9. The molecule has 0 aliphatic heterocycles. The molecule has 226 valence electrons. The molecule has 0 radical (unpaired) electrons. The van der Waals surface area contributed by atoms with E-state index in [9.17, 15) is 39.9 Å². The van der Waals surface area contributed by atoms with Crippen LogP contribution in [0.2, 0.25) is 0 Å². The second kappa shape index (κ2) is 11.5. The SMILES string of the molecule is O=C(C[C@@H](Cc1cc(F)cc(F)c1)c1nc(NCC2CC2)ncc1Br)Cn1nc(C(F)F)c2c1C(F)(F)CCC2(F)F. The average Bonchev–Trinajstić information content (AvgIpc) is 3.63. The molecule has 3 aromatic rings. The van der Waals surface area contributed by atoms with Crippen LogP contribution >= 0.6 is 15.9 Å². The van der Waals surface area contributed by atoms with Crippen molar-refractivity contribution >= 4 is 27.7 Å². The summed E-state index contributed by atoms with van der Waals surface area (Å²) in [6.45, 7) is -0.403.